The third-order valence-electron chi connectivity index (χ3n) is 3.67. The van der Waals surface area contributed by atoms with Gasteiger partial charge >= 0.3 is 0 Å². The molecule has 0 fully saturated rings. The van der Waals surface area contributed by atoms with Crippen LogP contribution in [0.2, 0.25) is 0 Å². The topological polar surface area (TPSA) is 95.7 Å². The monoisotopic (exact) mass is 369 g/mol. The lowest BCUT2D eigenvalue weighted by Gasteiger charge is -2.09. The molecule has 0 saturated carbocycles. The van der Waals surface area contributed by atoms with Gasteiger partial charge in [0.05, 0.1) is 20.8 Å². The van der Waals surface area contributed by atoms with E-state index in [1.54, 1.807) is 37.4 Å². The Kier molecular flexibility index (Phi) is 5.88. The Morgan fingerprint density at radius 3 is 2.44 bits per heavy atom. The number of carbonyl (C=O) groups is 1. The standard InChI is InChI=1S/C19H19N3O5/c1-24-14-9-7-13(8-10-14)19-22-21-18(27-19)11-20-17(23)12-26-16-6-4-3-5-15(16)25-2/h3-10H,11-12H2,1-2H3,(H,20,23). The van der Waals surface area contributed by atoms with E-state index in [2.05, 4.69) is 15.5 Å². The molecule has 1 aromatic heterocycles. The first-order valence-corrected chi connectivity index (χ1v) is 8.19. The number of carbonyl (C=O) groups excluding carboxylic acids is 1. The maximum absolute atomic E-state index is 12.0. The Bertz CT molecular complexity index is 892. The zero-order chi connectivity index (χ0) is 19.1. The summed E-state index contributed by atoms with van der Waals surface area (Å²) >= 11 is 0. The van der Waals surface area contributed by atoms with Crippen LogP contribution in [0.15, 0.2) is 52.9 Å². The predicted octanol–water partition coefficient (Wildman–Crippen LogP) is 2.45. The Labute approximate surface area is 156 Å². The van der Waals surface area contributed by atoms with Crippen LogP contribution in [0, 0.1) is 0 Å². The number of amides is 1. The van der Waals surface area contributed by atoms with Gasteiger partial charge in [-0.3, -0.25) is 4.79 Å². The molecule has 0 spiro atoms. The lowest BCUT2D eigenvalue weighted by atomic mass is 10.2. The van der Waals surface area contributed by atoms with Crippen molar-refractivity contribution in [3.63, 3.8) is 0 Å². The van der Waals surface area contributed by atoms with Crippen LogP contribution < -0.4 is 19.5 Å². The van der Waals surface area contributed by atoms with Crippen molar-refractivity contribution in [1.82, 2.24) is 15.5 Å². The van der Waals surface area contributed by atoms with E-state index >= 15 is 0 Å². The van der Waals surface area contributed by atoms with Crippen molar-refractivity contribution in [2.24, 2.45) is 0 Å². The van der Waals surface area contributed by atoms with E-state index in [1.807, 2.05) is 18.2 Å². The van der Waals surface area contributed by atoms with Crippen molar-refractivity contribution in [2.75, 3.05) is 20.8 Å². The molecule has 0 aliphatic heterocycles. The zero-order valence-electron chi connectivity index (χ0n) is 15.0. The maximum atomic E-state index is 12.0. The predicted molar refractivity (Wildman–Crippen MR) is 96.6 cm³/mol. The quantitative estimate of drug-likeness (QED) is 0.651. The van der Waals surface area contributed by atoms with Gasteiger partial charge in [-0.1, -0.05) is 12.1 Å². The molecule has 8 nitrogen and oxygen atoms in total. The largest absolute Gasteiger partial charge is 0.497 e. The van der Waals surface area contributed by atoms with Gasteiger partial charge < -0.3 is 23.9 Å². The molecule has 3 aromatic rings. The Balaban J connectivity index is 1.51. The van der Waals surface area contributed by atoms with Crippen molar-refractivity contribution < 1.29 is 23.4 Å². The first-order chi connectivity index (χ1) is 13.2. The van der Waals surface area contributed by atoms with E-state index in [-0.39, 0.29) is 19.1 Å². The minimum atomic E-state index is -0.315. The summed E-state index contributed by atoms with van der Waals surface area (Å²) in [6, 6.07) is 14.3. The normalized spacial score (nSPS) is 10.3. The molecule has 1 heterocycles. The molecule has 3 rings (SSSR count). The number of rotatable bonds is 8. The Morgan fingerprint density at radius 1 is 1.00 bits per heavy atom. The summed E-state index contributed by atoms with van der Waals surface area (Å²) in [6.45, 7) is -0.0445. The number of hydrogen-bond acceptors (Lipinski definition) is 7. The van der Waals surface area contributed by atoms with Crippen molar-refractivity contribution >= 4 is 5.91 Å². The number of para-hydroxylation sites is 2. The number of aromatic nitrogens is 2. The summed E-state index contributed by atoms with van der Waals surface area (Å²) in [6.07, 6.45) is 0. The van der Waals surface area contributed by atoms with Gasteiger partial charge in [0.15, 0.2) is 18.1 Å². The molecule has 0 saturated heterocycles. The van der Waals surface area contributed by atoms with Crippen LogP contribution in [0.25, 0.3) is 11.5 Å². The van der Waals surface area contributed by atoms with Crippen molar-refractivity contribution in [3.05, 3.63) is 54.4 Å². The fourth-order valence-electron chi connectivity index (χ4n) is 2.28. The highest BCUT2D eigenvalue weighted by Crippen LogP contribution is 2.25. The number of ether oxygens (including phenoxy) is 3. The summed E-state index contributed by atoms with van der Waals surface area (Å²) in [4.78, 5) is 12.0. The van der Waals surface area contributed by atoms with Gasteiger partial charge in [0, 0.05) is 5.56 Å². The fourth-order valence-corrected chi connectivity index (χ4v) is 2.28. The summed E-state index contributed by atoms with van der Waals surface area (Å²) in [5, 5.41) is 10.6. The number of methoxy groups -OCH3 is 2. The number of hydrogen-bond donors (Lipinski definition) is 1. The lowest BCUT2D eigenvalue weighted by molar-refractivity contribution is -0.123. The molecule has 2 aromatic carbocycles. The molecule has 1 amide bonds. The summed E-state index contributed by atoms with van der Waals surface area (Å²) in [5.41, 5.74) is 0.764. The summed E-state index contributed by atoms with van der Waals surface area (Å²) < 4.78 is 21.3. The van der Waals surface area contributed by atoms with Crippen LogP contribution in [0.1, 0.15) is 5.89 Å². The van der Waals surface area contributed by atoms with Gasteiger partial charge in [-0.05, 0) is 36.4 Å². The Hall–Kier alpha value is -3.55. The van der Waals surface area contributed by atoms with E-state index in [0.717, 1.165) is 11.3 Å². The molecule has 1 N–H and O–H groups in total. The van der Waals surface area contributed by atoms with Gasteiger partial charge in [0.1, 0.15) is 5.75 Å². The highest BCUT2D eigenvalue weighted by molar-refractivity contribution is 5.77. The van der Waals surface area contributed by atoms with Crippen LogP contribution in [-0.4, -0.2) is 36.9 Å². The average Bonchev–Trinajstić information content (AvgIpc) is 3.20. The highest BCUT2D eigenvalue weighted by atomic mass is 16.5. The van der Waals surface area contributed by atoms with Gasteiger partial charge in [-0.25, -0.2) is 0 Å². The van der Waals surface area contributed by atoms with Crippen LogP contribution in [0.3, 0.4) is 0 Å². The van der Waals surface area contributed by atoms with Crippen molar-refractivity contribution in [3.8, 4) is 28.7 Å². The van der Waals surface area contributed by atoms with E-state index in [4.69, 9.17) is 18.6 Å². The SMILES string of the molecule is COc1ccc(-c2nnc(CNC(=O)COc3ccccc3OC)o2)cc1. The number of nitrogens with one attached hydrogen (secondary N) is 1. The van der Waals surface area contributed by atoms with Crippen LogP contribution in [-0.2, 0) is 11.3 Å². The van der Waals surface area contributed by atoms with Gasteiger partial charge in [-0.2, -0.15) is 0 Å². The van der Waals surface area contributed by atoms with Crippen LogP contribution in [0.5, 0.6) is 17.2 Å². The smallest absolute Gasteiger partial charge is 0.258 e. The van der Waals surface area contributed by atoms with Gasteiger partial charge in [0.25, 0.3) is 5.91 Å². The Morgan fingerprint density at radius 2 is 1.74 bits per heavy atom. The van der Waals surface area contributed by atoms with Gasteiger partial charge in [-0.15, -0.1) is 10.2 Å². The molecule has 0 radical (unpaired) electrons. The molecular weight excluding hydrogens is 350 g/mol. The maximum Gasteiger partial charge on any atom is 0.258 e. The molecule has 0 atom stereocenters. The van der Waals surface area contributed by atoms with E-state index in [0.29, 0.717) is 23.3 Å². The van der Waals surface area contributed by atoms with E-state index < -0.39 is 0 Å². The molecule has 0 aliphatic rings. The minimum Gasteiger partial charge on any atom is -0.497 e. The molecule has 140 valence electrons. The molecule has 0 aliphatic carbocycles. The molecule has 0 unspecified atom stereocenters. The van der Waals surface area contributed by atoms with Crippen LogP contribution >= 0.6 is 0 Å². The second-order valence-corrected chi connectivity index (χ2v) is 5.45. The third-order valence-corrected chi connectivity index (χ3v) is 3.67. The number of benzene rings is 2. The molecule has 8 heteroatoms. The van der Waals surface area contributed by atoms with Crippen molar-refractivity contribution in [1.29, 1.82) is 0 Å². The van der Waals surface area contributed by atoms with Crippen molar-refractivity contribution in [2.45, 2.75) is 6.54 Å². The summed E-state index contributed by atoms with van der Waals surface area (Å²) in [5.74, 6) is 2.14. The van der Waals surface area contributed by atoms with Gasteiger partial charge in [0.2, 0.25) is 11.8 Å². The lowest BCUT2D eigenvalue weighted by Crippen LogP contribution is -2.28. The highest BCUT2D eigenvalue weighted by Gasteiger charge is 2.11. The second-order valence-electron chi connectivity index (χ2n) is 5.45. The average molecular weight is 369 g/mol. The number of nitrogens with zero attached hydrogens (tertiary/aromatic N) is 2. The van der Waals surface area contributed by atoms with Crippen LogP contribution in [0.4, 0.5) is 0 Å². The van der Waals surface area contributed by atoms with E-state index in [1.165, 1.54) is 7.11 Å². The fraction of sp³-hybridized carbons (Fsp3) is 0.211. The first kappa shape index (κ1) is 18.2. The summed E-state index contributed by atoms with van der Waals surface area (Å²) in [7, 11) is 3.14. The molecular formula is C19H19N3O5. The van der Waals surface area contributed by atoms with E-state index in [9.17, 15) is 4.79 Å². The zero-order valence-corrected chi connectivity index (χ0v) is 15.0. The molecule has 0 bridgehead atoms. The second kappa shape index (κ2) is 8.70. The first-order valence-electron chi connectivity index (χ1n) is 8.19. The minimum absolute atomic E-state index is 0.108. The molecule has 27 heavy (non-hydrogen) atoms. The third kappa shape index (κ3) is 4.75.